The molecular weight excluding hydrogens is 342 g/mol. The van der Waals surface area contributed by atoms with Gasteiger partial charge in [0.25, 0.3) is 0 Å². The molecule has 0 radical (unpaired) electrons. The van der Waals surface area contributed by atoms with Crippen LogP contribution in [-0.2, 0) is 6.54 Å². The Morgan fingerprint density at radius 2 is 2.08 bits per heavy atom. The van der Waals surface area contributed by atoms with Crippen LogP contribution in [0.1, 0.15) is 24.1 Å². The fourth-order valence-electron chi connectivity index (χ4n) is 3.30. The second kappa shape index (κ2) is 7.74. The molecule has 4 rings (SSSR count). The van der Waals surface area contributed by atoms with Crippen LogP contribution in [0.25, 0.3) is 11.0 Å². The van der Waals surface area contributed by atoms with Crippen LogP contribution in [0.2, 0.25) is 0 Å². The second-order valence-electron chi connectivity index (χ2n) is 6.43. The first-order valence-electron chi connectivity index (χ1n) is 8.93. The molecule has 0 amide bonds. The van der Waals surface area contributed by atoms with Crippen molar-refractivity contribution in [2.24, 2.45) is 4.99 Å². The minimum Gasteiger partial charge on any atom is -0.351 e. The number of imidazole rings is 1. The molecule has 1 aromatic carbocycles. The van der Waals surface area contributed by atoms with Gasteiger partial charge in [0.2, 0.25) is 0 Å². The van der Waals surface area contributed by atoms with Crippen molar-refractivity contribution < 1.29 is 0 Å². The molecule has 0 spiro atoms. The Hall–Kier alpha value is -2.60. The van der Waals surface area contributed by atoms with Crippen molar-refractivity contribution in [2.45, 2.75) is 19.4 Å². The van der Waals surface area contributed by atoms with E-state index in [1.54, 1.807) is 11.3 Å². The van der Waals surface area contributed by atoms with Crippen molar-refractivity contribution in [1.29, 1.82) is 0 Å². The third-order valence-corrected chi connectivity index (χ3v) is 5.43. The number of aliphatic imine (C=N–C) groups is 1. The molecule has 0 saturated carbocycles. The Bertz CT molecular complexity index is 883. The van der Waals surface area contributed by atoms with Crippen LogP contribution in [0, 0.1) is 0 Å². The van der Waals surface area contributed by atoms with Crippen molar-refractivity contribution in [2.75, 3.05) is 20.1 Å². The number of thiazole rings is 1. The number of aromatic nitrogens is 2. The summed E-state index contributed by atoms with van der Waals surface area (Å²) < 4.78 is 2.06. The summed E-state index contributed by atoms with van der Waals surface area (Å²) in [5.41, 5.74) is 3.84. The number of benzene rings is 1. The SMILES string of the molecule is CN=C(NCc1cn2ccsc2n1)N1CCC(=Cc2ccccc2)CC1. The van der Waals surface area contributed by atoms with Crippen LogP contribution >= 0.6 is 11.3 Å². The summed E-state index contributed by atoms with van der Waals surface area (Å²) in [6.07, 6.45) is 8.59. The van der Waals surface area contributed by atoms with E-state index in [1.807, 2.05) is 18.6 Å². The van der Waals surface area contributed by atoms with Crippen molar-refractivity contribution in [3.8, 4) is 0 Å². The van der Waals surface area contributed by atoms with E-state index in [9.17, 15) is 0 Å². The van der Waals surface area contributed by atoms with E-state index in [-0.39, 0.29) is 0 Å². The molecule has 0 unspecified atom stereocenters. The lowest BCUT2D eigenvalue weighted by molar-refractivity contribution is 0.375. The number of likely N-dealkylation sites (tertiary alicyclic amines) is 1. The summed E-state index contributed by atoms with van der Waals surface area (Å²) in [6, 6.07) is 10.6. The molecule has 2 aromatic heterocycles. The maximum Gasteiger partial charge on any atom is 0.193 e. The summed E-state index contributed by atoms with van der Waals surface area (Å²) in [6.45, 7) is 2.69. The maximum atomic E-state index is 4.62. The zero-order chi connectivity index (χ0) is 17.8. The summed E-state index contributed by atoms with van der Waals surface area (Å²) >= 11 is 1.65. The van der Waals surface area contributed by atoms with E-state index < -0.39 is 0 Å². The largest absolute Gasteiger partial charge is 0.351 e. The average molecular weight is 366 g/mol. The van der Waals surface area contributed by atoms with Gasteiger partial charge in [0.05, 0.1) is 12.2 Å². The van der Waals surface area contributed by atoms with E-state index in [0.29, 0.717) is 6.54 Å². The van der Waals surface area contributed by atoms with Gasteiger partial charge in [0.1, 0.15) is 0 Å². The van der Waals surface area contributed by atoms with Gasteiger partial charge in [-0.3, -0.25) is 9.39 Å². The van der Waals surface area contributed by atoms with Gasteiger partial charge in [-0.15, -0.1) is 11.3 Å². The molecule has 6 heteroatoms. The number of rotatable bonds is 3. The number of nitrogens with zero attached hydrogens (tertiary/aromatic N) is 4. The summed E-state index contributed by atoms with van der Waals surface area (Å²) in [5, 5.41) is 5.50. The Labute approximate surface area is 157 Å². The van der Waals surface area contributed by atoms with Crippen LogP contribution in [0.4, 0.5) is 0 Å². The number of hydrogen-bond acceptors (Lipinski definition) is 3. The Kier molecular flexibility index (Phi) is 5.02. The molecule has 5 nitrogen and oxygen atoms in total. The topological polar surface area (TPSA) is 44.9 Å². The minimum absolute atomic E-state index is 0.699. The molecule has 1 aliphatic rings. The van der Waals surface area contributed by atoms with E-state index in [1.165, 1.54) is 11.1 Å². The van der Waals surface area contributed by atoms with Gasteiger partial charge >= 0.3 is 0 Å². The molecule has 3 aromatic rings. The standard InChI is InChI=1S/C20H23N5S/c1-21-19(22-14-18-15-25-11-12-26-20(25)23-18)24-9-7-17(8-10-24)13-16-5-3-2-4-6-16/h2-6,11-13,15H,7-10,14H2,1H3,(H,21,22). The summed E-state index contributed by atoms with van der Waals surface area (Å²) in [5.74, 6) is 0.958. The van der Waals surface area contributed by atoms with Gasteiger partial charge < -0.3 is 10.2 Å². The molecule has 134 valence electrons. The zero-order valence-electron chi connectivity index (χ0n) is 14.9. The predicted molar refractivity (Wildman–Crippen MR) is 108 cm³/mol. The summed E-state index contributed by atoms with van der Waals surface area (Å²) in [7, 11) is 1.85. The van der Waals surface area contributed by atoms with Gasteiger partial charge in [-0.05, 0) is 18.4 Å². The second-order valence-corrected chi connectivity index (χ2v) is 7.30. The van der Waals surface area contributed by atoms with Crippen LogP contribution in [-0.4, -0.2) is 40.4 Å². The predicted octanol–water partition coefficient (Wildman–Crippen LogP) is 3.65. The molecular formula is C20H23N5S. The molecule has 0 aliphatic carbocycles. The van der Waals surface area contributed by atoms with Gasteiger partial charge in [0.15, 0.2) is 10.9 Å². The van der Waals surface area contributed by atoms with Gasteiger partial charge in [0, 0.05) is 37.9 Å². The lowest BCUT2D eigenvalue weighted by Crippen LogP contribution is -2.44. The van der Waals surface area contributed by atoms with Crippen LogP contribution in [0.3, 0.4) is 0 Å². The molecule has 1 aliphatic heterocycles. The molecule has 26 heavy (non-hydrogen) atoms. The molecule has 1 fully saturated rings. The lowest BCUT2D eigenvalue weighted by Gasteiger charge is -2.31. The molecule has 3 heterocycles. The third kappa shape index (κ3) is 3.80. The van der Waals surface area contributed by atoms with Crippen LogP contribution in [0.15, 0.2) is 58.7 Å². The highest BCUT2D eigenvalue weighted by atomic mass is 32.1. The number of guanidine groups is 1. The maximum absolute atomic E-state index is 4.62. The number of nitrogens with one attached hydrogen (secondary N) is 1. The Morgan fingerprint density at radius 3 is 2.81 bits per heavy atom. The van der Waals surface area contributed by atoms with E-state index in [2.05, 4.69) is 67.2 Å². The fraction of sp³-hybridized carbons (Fsp3) is 0.300. The van der Waals surface area contributed by atoms with Crippen molar-refractivity contribution in [1.82, 2.24) is 19.6 Å². The van der Waals surface area contributed by atoms with Gasteiger partial charge in [-0.2, -0.15) is 0 Å². The highest BCUT2D eigenvalue weighted by Gasteiger charge is 2.17. The van der Waals surface area contributed by atoms with E-state index in [0.717, 1.165) is 42.5 Å². The van der Waals surface area contributed by atoms with Crippen molar-refractivity contribution in [3.05, 3.63) is 64.9 Å². The highest BCUT2D eigenvalue weighted by Crippen LogP contribution is 2.19. The monoisotopic (exact) mass is 365 g/mol. The first-order chi connectivity index (χ1) is 12.8. The lowest BCUT2D eigenvalue weighted by atomic mass is 10.0. The molecule has 0 atom stereocenters. The number of hydrogen-bond donors (Lipinski definition) is 1. The Morgan fingerprint density at radius 1 is 1.27 bits per heavy atom. The highest BCUT2D eigenvalue weighted by molar-refractivity contribution is 7.15. The van der Waals surface area contributed by atoms with Crippen LogP contribution in [0.5, 0.6) is 0 Å². The third-order valence-electron chi connectivity index (χ3n) is 4.66. The fourth-order valence-corrected chi connectivity index (χ4v) is 4.02. The quantitative estimate of drug-likeness (QED) is 0.569. The van der Waals surface area contributed by atoms with E-state index >= 15 is 0 Å². The average Bonchev–Trinajstić information content (AvgIpc) is 3.26. The van der Waals surface area contributed by atoms with Gasteiger partial charge in [-0.1, -0.05) is 42.0 Å². The number of piperidine rings is 1. The molecule has 1 saturated heterocycles. The first kappa shape index (κ1) is 16.8. The van der Waals surface area contributed by atoms with Gasteiger partial charge in [-0.25, -0.2) is 4.98 Å². The summed E-state index contributed by atoms with van der Waals surface area (Å²) in [4.78, 5) is 12.4. The minimum atomic E-state index is 0.699. The van der Waals surface area contributed by atoms with Crippen molar-refractivity contribution in [3.63, 3.8) is 0 Å². The van der Waals surface area contributed by atoms with Crippen LogP contribution < -0.4 is 5.32 Å². The first-order valence-corrected chi connectivity index (χ1v) is 9.81. The normalized spacial score (nSPS) is 15.5. The van der Waals surface area contributed by atoms with Crippen molar-refractivity contribution >= 4 is 28.3 Å². The number of fused-ring (bicyclic) bond motifs is 1. The smallest absolute Gasteiger partial charge is 0.193 e. The molecule has 1 N–H and O–H groups in total. The van der Waals surface area contributed by atoms with E-state index in [4.69, 9.17) is 0 Å². The molecule has 0 bridgehead atoms. The zero-order valence-corrected chi connectivity index (χ0v) is 15.7. The Balaban J connectivity index is 1.33.